The quantitative estimate of drug-likeness (QED) is 0.142. The second kappa shape index (κ2) is 15.8. The van der Waals surface area contributed by atoms with Crippen molar-refractivity contribution in [2.24, 2.45) is 0 Å². The van der Waals surface area contributed by atoms with Crippen LogP contribution in [-0.2, 0) is 0 Å². The van der Waals surface area contributed by atoms with Crippen molar-refractivity contribution < 1.29 is 4.42 Å². The summed E-state index contributed by atoms with van der Waals surface area (Å²) in [5.41, 5.74) is 16.9. The number of furan rings is 1. The lowest BCUT2D eigenvalue weighted by atomic mass is 9.93. The Morgan fingerprint density at radius 2 is 0.703 bits per heavy atom. The van der Waals surface area contributed by atoms with Crippen molar-refractivity contribution in [2.45, 2.75) is 0 Å². The van der Waals surface area contributed by atoms with Gasteiger partial charge >= 0.3 is 0 Å². The van der Waals surface area contributed by atoms with Gasteiger partial charge in [-0.25, -0.2) is 0 Å². The minimum atomic E-state index is 0.897. The van der Waals surface area contributed by atoms with E-state index < -0.39 is 0 Å². The largest absolute Gasteiger partial charge is 0.456 e. The fraction of sp³-hybridized carbons (Fsp3) is 0. The molecule has 0 aliphatic heterocycles. The van der Waals surface area contributed by atoms with Gasteiger partial charge in [0.25, 0.3) is 0 Å². The van der Waals surface area contributed by atoms with Gasteiger partial charge < -0.3 is 9.32 Å². The van der Waals surface area contributed by atoms with Crippen LogP contribution in [0.3, 0.4) is 0 Å². The van der Waals surface area contributed by atoms with Crippen molar-refractivity contribution >= 4 is 60.5 Å². The van der Waals surface area contributed by atoms with Crippen LogP contribution in [0.15, 0.2) is 253 Å². The van der Waals surface area contributed by atoms with Gasteiger partial charge in [0.2, 0.25) is 0 Å². The molecule has 12 rings (SSSR count). The third-order valence-corrected chi connectivity index (χ3v) is 12.7. The second-order valence-corrected chi connectivity index (χ2v) is 16.5. The molecule has 0 aliphatic carbocycles. The molecule has 12 aromatic rings. The maximum atomic E-state index is 6.27. The highest BCUT2D eigenvalue weighted by Gasteiger charge is 2.17. The van der Waals surface area contributed by atoms with Crippen molar-refractivity contribution in [3.05, 3.63) is 249 Å². The molecular weight excluding hydrogens is 775 g/mol. The molecule has 0 aliphatic rings. The predicted octanol–water partition coefficient (Wildman–Crippen LogP) is 17.7. The zero-order chi connectivity index (χ0) is 42.4. The van der Waals surface area contributed by atoms with E-state index in [1.54, 1.807) is 0 Å². The topological polar surface area (TPSA) is 16.4 Å². The Bertz CT molecular complexity index is 3570. The summed E-state index contributed by atoms with van der Waals surface area (Å²) in [6, 6.07) is 89.7. The zero-order valence-corrected chi connectivity index (χ0v) is 35.0. The molecule has 2 heteroatoms. The van der Waals surface area contributed by atoms with Gasteiger partial charge in [-0.3, -0.25) is 0 Å². The van der Waals surface area contributed by atoms with Crippen LogP contribution in [0.4, 0.5) is 17.1 Å². The molecule has 2 nitrogen and oxygen atoms in total. The summed E-state index contributed by atoms with van der Waals surface area (Å²) in [5, 5.41) is 7.32. The molecule has 1 heterocycles. The smallest absolute Gasteiger partial charge is 0.136 e. The van der Waals surface area contributed by atoms with Crippen LogP contribution < -0.4 is 4.90 Å². The van der Waals surface area contributed by atoms with E-state index in [1.165, 1.54) is 60.5 Å². The SMILES string of the molecule is c1ccc(-c2cc(-c3ccccc3)cc(-c3ccc(N(c4ccc(-c5cccc6c5ccc5ccccc56)cc4)c4ccc(-c5cccc6oc7ccccc7c56)cc4)cc3)c2)cc1. The second-order valence-electron chi connectivity index (χ2n) is 16.5. The van der Waals surface area contributed by atoms with Crippen LogP contribution in [0.25, 0.3) is 99.1 Å². The first-order valence-electron chi connectivity index (χ1n) is 21.9. The van der Waals surface area contributed by atoms with E-state index in [0.717, 1.165) is 55.7 Å². The van der Waals surface area contributed by atoms with Crippen LogP contribution in [-0.4, -0.2) is 0 Å². The molecule has 0 saturated heterocycles. The first-order valence-corrected chi connectivity index (χ1v) is 21.9. The van der Waals surface area contributed by atoms with Crippen molar-refractivity contribution in [3.8, 4) is 55.6 Å². The van der Waals surface area contributed by atoms with E-state index >= 15 is 0 Å². The molecule has 0 amide bonds. The number of para-hydroxylation sites is 1. The van der Waals surface area contributed by atoms with E-state index in [9.17, 15) is 0 Å². The Hall–Kier alpha value is -8.46. The molecule has 11 aromatic carbocycles. The molecule has 64 heavy (non-hydrogen) atoms. The van der Waals surface area contributed by atoms with Gasteiger partial charge in [0.15, 0.2) is 0 Å². The Kier molecular flexibility index (Phi) is 9.20. The van der Waals surface area contributed by atoms with Crippen molar-refractivity contribution in [1.29, 1.82) is 0 Å². The van der Waals surface area contributed by atoms with Gasteiger partial charge in [-0.15, -0.1) is 0 Å². The summed E-state index contributed by atoms with van der Waals surface area (Å²) in [7, 11) is 0. The Morgan fingerprint density at radius 1 is 0.250 bits per heavy atom. The van der Waals surface area contributed by atoms with Gasteiger partial charge in [0.05, 0.1) is 0 Å². The lowest BCUT2D eigenvalue weighted by molar-refractivity contribution is 0.669. The van der Waals surface area contributed by atoms with Crippen LogP contribution in [0.2, 0.25) is 0 Å². The average Bonchev–Trinajstić information content (AvgIpc) is 3.76. The van der Waals surface area contributed by atoms with Crippen LogP contribution >= 0.6 is 0 Å². The molecule has 300 valence electrons. The first kappa shape index (κ1) is 37.3. The lowest BCUT2D eigenvalue weighted by Gasteiger charge is -2.26. The van der Waals surface area contributed by atoms with E-state index in [1.807, 2.05) is 12.1 Å². The van der Waals surface area contributed by atoms with E-state index in [0.29, 0.717) is 0 Å². The molecule has 0 bridgehead atoms. The number of hydrogen-bond donors (Lipinski definition) is 0. The van der Waals surface area contributed by atoms with E-state index in [2.05, 4.69) is 241 Å². The maximum absolute atomic E-state index is 6.27. The highest BCUT2D eigenvalue weighted by molar-refractivity contribution is 6.13. The summed E-state index contributed by atoms with van der Waals surface area (Å²) in [5.74, 6) is 0. The lowest BCUT2D eigenvalue weighted by Crippen LogP contribution is -2.09. The summed E-state index contributed by atoms with van der Waals surface area (Å²) in [6.07, 6.45) is 0. The van der Waals surface area contributed by atoms with Gasteiger partial charge in [0, 0.05) is 27.8 Å². The summed E-state index contributed by atoms with van der Waals surface area (Å²) in [6.45, 7) is 0. The maximum Gasteiger partial charge on any atom is 0.136 e. The third-order valence-electron chi connectivity index (χ3n) is 12.7. The van der Waals surface area contributed by atoms with Gasteiger partial charge in [0.1, 0.15) is 11.2 Å². The van der Waals surface area contributed by atoms with Crippen LogP contribution in [0, 0.1) is 0 Å². The van der Waals surface area contributed by atoms with Gasteiger partial charge in [-0.05, 0) is 144 Å². The summed E-state index contributed by atoms with van der Waals surface area (Å²) in [4.78, 5) is 2.36. The number of nitrogens with zero attached hydrogens (tertiary/aromatic N) is 1. The molecule has 0 saturated carbocycles. The third kappa shape index (κ3) is 6.70. The molecular formula is C62H41NO. The molecule has 0 spiro atoms. The standard InChI is InChI=1S/C62H41NO/c1-3-13-42(14-4-1)48-39-49(43-15-5-2-6-16-43)41-50(40-48)44-25-32-51(33-26-44)63(53-36-29-47(30-37-53)56-21-12-24-61-62(56)59-19-9-10-23-60(59)64-61)52-34-27-46(28-35-52)55-20-11-22-57-54-18-8-7-17-45(54)31-38-58(55)57/h1-41H. The van der Waals surface area contributed by atoms with Crippen molar-refractivity contribution in [2.75, 3.05) is 4.90 Å². The number of fused-ring (bicyclic) bond motifs is 6. The van der Waals surface area contributed by atoms with E-state index in [4.69, 9.17) is 4.42 Å². The number of hydrogen-bond acceptors (Lipinski definition) is 2. The highest BCUT2D eigenvalue weighted by Crippen LogP contribution is 2.42. The average molecular weight is 816 g/mol. The normalized spacial score (nSPS) is 11.4. The fourth-order valence-electron chi connectivity index (χ4n) is 9.53. The van der Waals surface area contributed by atoms with Crippen molar-refractivity contribution in [3.63, 3.8) is 0 Å². The Morgan fingerprint density at radius 3 is 1.33 bits per heavy atom. The van der Waals surface area contributed by atoms with Crippen LogP contribution in [0.1, 0.15) is 0 Å². The zero-order valence-electron chi connectivity index (χ0n) is 35.0. The minimum absolute atomic E-state index is 0.897. The van der Waals surface area contributed by atoms with Gasteiger partial charge in [-0.2, -0.15) is 0 Å². The number of benzene rings is 11. The number of anilines is 3. The predicted molar refractivity (Wildman–Crippen MR) is 271 cm³/mol. The number of rotatable bonds is 8. The molecule has 0 N–H and O–H groups in total. The van der Waals surface area contributed by atoms with Gasteiger partial charge in [-0.1, -0.05) is 182 Å². The summed E-state index contributed by atoms with van der Waals surface area (Å²) >= 11 is 0. The van der Waals surface area contributed by atoms with E-state index in [-0.39, 0.29) is 0 Å². The van der Waals surface area contributed by atoms with Crippen molar-refractivity contribution in [1.82, 2.24) is 0 Å². The molecule has 0 radical (unpaired) electrons. The first-order chi connectivity index (χ1) is 31.7. The van der Waals surface area contributed by atoms with Crippen LogP contribution in [0.5, 0.6) is 0 Å². The molecule has 1 aromatic heterocycles. The Balaban J connectivity index is 0.955. The highest BCUT2D eigenvalue weighted by atomic mass is 16.3. The molecule has 0 atom stereocenters. The monoisotopic (exact) mass is 815 g/mol. The molecule has 0 unspecified atom stereocenters. The Labute approximate surface area is 372 Å². The minimum Gasteiger partial charge on any atom is -0.456 e. The molecule has 0 fully saturated rings. The fourth-order valence-corrected chi connectivity index (χ4v) is 9.53. The summed E-state index contributed by atoms with van der Waals surface area (Å²) < 4.78 is 6.27.